The third-order valence-corrected chi connectivity index (χ3v) is 9.27. The Balaban J connectivity index is 1.72. The maximum absolute atomic E-state index is 14.3. The van der Waals surface area contributed by atoms with Gasteiger partial charge in [0, 0.05) is 30.7 Å². The zero-order valence-electron chi connectivity index (χ0n) is 22.5. The average molecular weight is 524 g/mol. The number of carbonyl (C=O) groups excluding carboxylic acids is 3. The number of esters is 1. The molecule has 2 aliphatic carbocycles. The number of allylic oxidation sites excluding steroid dienone is 1. The molecule has 38 heavy (non-hydrogen) atoms. The number of ketones is 1. The summed E-state index contributed by atoms with van der Waals surface area (Å²) in [5, 5.41) is 26.1. The predicted molar refractivity (Wildman–Crippen MR) is 139 cm³/mol. The number of hydrogen-bond acceptors (Lipinski definition) is 7. The lowest BCUT2D eigenvalue weighted by Gasteiger charge is -2.50. The van der Waals surface area contributed by atoms with Gasteiger partial charge in [0.1, 0.15) is 29.3 Å². The summed E-state index contributed by atoms with van der Waals surface area (Å²) in [4.78, 5) is 40.0. The second kappa shape index (κ2) is 9.43. The first-order valence-corrected chi connectivity index (χ1v) is 13.4. The molecule has 8 nitrogen and oxygen atoms in total. The first kappa shape index (κ1) is 26.8. The third kappa shape index (κ3) is 3.96. The van der Waals surface area contributed by atoms with Gasteiger partial charge in [-0.25, -0.2) is 0 Å². The predicted octanol–water partition coefficient (Wildman–Crippen LogP) is 2.27. The second-order valence-electron chi connectivity index (χ2n) is 11.6. The Kier molecular flexibility index (Phi) is 6.65. The number of nitrogens with one attached hydrogen (secondary N) is 1. The average Bonchev–Trinajstić information content (AvgIpc) is 3.62. The molecule has 2 saturated heterocycles. The fourth-order valence-electron chi connectivity index (χ4n) is 7.27. The summed E-state index contributed by atoms with van der Waals surface area (Å²) in [5.41, 5.74) is -0.550. The van der Waals surface area contributed by atoms with Crippen molar-refractivity contribution in [3.05, 3.63) is 59.2 Å². The van der Waals surface area contributed by atoms with Gasteiger partial charge < -0.3 is 25.0 Å². The van der Waals surface area contributed by atoms with Crippen molar-refractivity contribution in [3.63, 3.8) is 0 Å². The van der Waals surface area contributed by atoms with E-state index in [0.29, 0.717) is 12.8 Å². The maximum Gasteiger partial charge on any atom is 0.303 e. The molecular weight excluding hydrogens is 486 g/mol. The highest BCUT2D eigenvalue weighted by Gasteiger charge is 2.73. The highest BCUT2D eigenvalue weighted by Crippen LogP contribution is 2.60. The summed E-state index contributed by atoms with van der Waals surface area (Å²) in [6.07, 6.45) is 0.510. The number of benzene rings is 1. The van der Waals surface area contributed by atoms with E-state index in [1.54, 1.807) is 19.1 Å². The van der Waals surface area contributed by atoms with Crippen LogP contribution in [0.25, 0.3) is 0 Å². The molecule has 0 bridgehead atoms. The Morgan fingerprint density at radius 3 is 2.53 bits per heavy atom. The van der Waals surface area contributed by atoms with Gasteiger partial charge in [-0.1, -0.05) is 55.0 Å². The van der Waals surface area contributed by atoms with Crippen LogP contribution in [0.2, 0.25) is 0 Å². The minimum absolute atomic E-state index is 0.325. The van der Waals surface area contributed by atoms with Crippen LogP contribution >= 0.6 is 0 Å². The minimum Gasteiger partial charge on any atom is -0.458 e. The van der Waals surface area contributed by atoms with Gasteiger partial charge in [0.25, 0.3) is 0 Å². The maximum atomic E-state index is 14.3. The van der Waals surface area contributed by atoms with E-state index in [1.165, 1.54) is 13.8 Å². The van der Waals surface area contributed by atoms with Gasteiger partial charge in [0.05, 0.1) is 6.10 Å². The molecule has 5 rings (SSSR count). The number of ether oxygens (including phenoxy) is 2. The largest absolute Gasteiger partial charge is 0.458 e. The number of rotatable bonds is 3. The number of aliphatic hydroxyl groups is 2. The van der Waals surface area contributed by atoms with Crippen molar-refractivity contribution in [1.29, 1.82) is 0 Å². The fourth-order valence-corrected chi connectivity index (χ4v) is 7.27. The van der Waals surface area contributed by atoms with Gasteiger partial charge in [-0.05, 0) is 44.7 Å². The quantitative estimate of drug-likeness (QED) is 0.315. The van der Waals surface area contributed by atoms with Crippen molar-refractivity contribution in [2.75, 3.05) is 0 Å². The van der Waals surface area contributed by atoms with E-state index in [4.69, 9.17) is 9.47 Å². The molecule has 2 aliphatic heterocycles. The van der Waals surface area contributed by atoms with Crippen molar-refractivity contribution in [2.45, 2.75) is 83.5 Å². The molecule has 2 fully saturated rings. The number of fused-ring (bicyclic) bond motifs is 1. The molecule has 204 valence electrons. The summed E-state index contributed by atoms with van der Waals surface area (Å²) in [5.74, 6) is -2.99. The number of hydrogen-bond donors (Lipinski definition) is 3. The highest BCUT2D eigenvalue weighted by atomic mass is 16.6. The molecule has 1 amide bonds. The Bertz CT molecular complexity index is 1200. The van der Waals surface area contributed by atoms with E-state index >= 15 is 0 Å². The molecule has 8 heteroatoms. The van der Waals surface area contributed by atoms with Crippen LogP contribution in [-0.2, 0) is 30.3 Å². The summed E-state index contributed by atoms with van der Waals surface area (Å²) in [7, 11) is 0. The van der Waals surface area contributed by atoms with Crippen molar-refractivity contribution >= 4 is 17.7 Å². The SMILES string of the molecule is CC(=O)O[C@@H]1[C@H]2O[C@@H]2[C@@](C)(O)C(=O)C(C)C/C=C/[C@H]2[C@H](O)C(C)=C(C)[C@H]3[C@H](Cc4ccccc4)NC(=O)[C@@]123. The Morgan fingerprint density at radius 1 is 1.18 bits per heavy atom. The number of carbonyl (C=O) groups is 3. The topological polar surface area (TPSA) is 125 Å². The zero-order valence-corrected chi connectivity index (χ0v) is 22.5. The first-order chi connectivity index (χ1) is 17.9. The highest BCUT2D eigenvalue weighted by molar-refractivity contribution is 5.91. The lowest BCUT2D eigenvalue weighted by atomic mass is 9.53. The summed E-state index contributed by atoms with van der Waals surface area (Å²) < 4.78 is 11.9. The van der Waals surface area contributed by atoms with Crippen LogP contribution in [-0.4, -0.2) is 63.9 Å². The van der Waals surface area contributed by atoms with E-state index in [1.807, 2.05) is 44.2 Å². The Labute approximate surface area is 223 Å². The van der Waals surface area contributed by atoms with Crippen LogP contribution in [0.3, 0.4) is 0 Å². The molecule has 4 aliphatic rings. The monoisotopic (exact) mass is 523 g/mol. The van der Waals surface area contributed by atoms with Crippen LogP contribution in [0, 0.1) is 23.2 Å². The molecule has 1 unspecified atom stereocenters. The van der Waals surface area contributed by atoms with Gasteiger partial charge >= 0.3 is 5.97 Å². The van der Waals surface area contributed by atoms with Gasteiger partial charge in [-0.15, -0.1) is 0 Å². The van der Waals surface area contributed by atoms with Gasteiger partial charge in [-0.2, -0.15) is 0 Å². The summed E-state index contributed by atoms with van der Waals surface area (Å²) >= 11 is 0. The molecule has 3 N–H and O–H groups in total. The molecule has 1 aromatic carbocycles. The molecule has 1 aromatic rings. The molecule has 10 atom stereocenters. The summed E-state index contributed by atoms with van der Waals surface area (Å²) in [6.45, 7) is 8.23. The zero-order chi connectivity index (χ0) is 27.6. The van der Waals surface area contributed by atoms with Crippen molar-refractivity contribution in [2.24, 2.45) is 23.2 Å². The Morgan fingerprint density at radius 2 is 1.87 bits per heavy atom. The molecule has 1 spiro atoms. The number of epoxide rings is 1. The molecular formula is C30H37NO7. The lowest BCUT2D eigenvalue weighted by molar-refractivity contribution is -0.169. The van der Waals surface area contributed by atoms with Crippen LogP contribution in [0.1, 0.15) is 46.6 Å². The van der Waals surface area contributed by atoms with Crippen molar-refractivity contribution in [1.82, 2.24) is 5.32 Å². The van der Waals surface area contributed by atoms with Crippen molar-refractivity contribution < 1.29 is 34.1 Å². The normalized spacial score (nSPS) is 43.2. The number of aliphatic hydroxyl groups excluding tert-OH is 1. The fraction of sp³-hybridized carbons (Fsp3) is 0.567. The van der Waals surface area contributed by atoms with Crippen LogP contribution in [0.4, 0.5) is 0 Å². The second-order valence-corrected chi connectivity index (χ2v) is 11.6. The smallest absolute Gasteiger partial charge is 0.303 e. The Hall–Kier alpha value is -2.81. The first-order valence-electron chi connectivity index (χ1n) is 13.4. The molecule has 0 saturated carbocycles. The standard InChI is InChI=1S/C30H37NO7/c1-15-10-9-13-20-23(33)17(3)16(2)22-21(14-19-11-7-6-8-12-19)31-28(35)30(20,22)27(37-18(4)32)24-26(38-24)29(5,36)25(15)34/h6-9,11-13,15,20-24,26-27,33,36H,10,14H2,1-5H3,(H,31,35)/b13-9+/t15?,20-,21-,22-,23+,24-,26-,27+,29-,30-/m0/s1. The molecule has 2 heterocycles. The summed E-state index contributed by atoms with van der Waals surface area (Å²) in [6, 6.07) is 9.51. The van der Waals surface area contributed by atoms with Crippen LogP contribution in [0.15, 0.2) is 53.6 Å². The number of Topliss-reactive ketones (excluding diaryl/α,β-unsaturated/α-hetero) is 1. The van der Waals surface area contributed by atoms with E-state index in [0.717, 1.165) is 16.7 Å². The van der Waals surface area contributed by atoms with Gasteiger partial charge in [-0.3, -0.25) is 14.4 Å². The van der Waals surface area contributed by atoms with E-state index in [9.17, 15) is 24.6 Å². The van der Waals surface area contributed by atoms with Gasteiger partial charge in [0.15, 0.2) is 5.78 Å². The van der Waals surface area contributed by atoms with E-state index in [2.05, 4.69) is 5.32 Å². The van der Waals surface area contributed by atoms with Gasteiger partial charge in [0.2, 0.25) is 5.91 Å². The van der Waals surface area contributed by atoms with E-state index in [-0.39, 0.29) is 17.7 Å². The third-order valence-electron chi connectivity index (χ3n) is 9.27. The molecule has 0 radical (unpaired) electrons. The molecule has 0 aromatic heterocycles. The number of amides is 1. The van der Waals surface area contributed by atoms with Crippen LogP contribution in [0.5, 0.6) is 0 Å². The van der Waals surface area contributed by atoms with E-state index < -0.39 is 59.2 Å². The minimum atomic E-state index is -1.82. The van der Waals surface area contributed by atoms with Crippen molar-refractivity contribution in [3.8, 4) is 0 Å². The van der Waals surface area contributed by atoms with Crippen LogP contribution < -0.4 is 5.32 Å². The lowest BCUT2D eigenvalue weighted by Crippen LogP contribution is -2.60.